The fourth-order valence-electron chi connectivity index (χ4n) is 1.66. The van der Waals surface area contributed by atoms with E-state index in [0.717, 1.165) is 15.7 Å². The molecule has 2 N–H and O–H groups in total. The minimum absolute atomic E-state index is 0.420. The number of carboxylic acids is 1. The Morgan fingerprint density at radius 3 is 2.76 bits per heavy atom. The molecule has 0 saturated carbocycles. The van der Waals surface area contributed by atoms with Crippen molar-refractivity contribution in [2.75, 3.05) is 25.5 Å². The maximum absolute atomic E-state index is 11.0. The molecule has 0 fully saturated rings. The van der Waals surface area contributed by atoms with Crippen LogP contribution in [0.1, 0.15) is 5.56 Å². The van der Waals surface area contributed by atoms with Gasteiger partial charge in [-0.25, -0.2) is 0 Å². The SMILES string of the molecule is CNC(CN(C)c1cc(Br)ccc1C)C(=O)O. The van der Waals surface area contributed by atoms with Crippen LogP contribution in [0.3, 0.4) is 0 Å². The first kappa shape index (κ1) is 14.0. The maximum Gasteiger partial charge on any atom is 0.322 e. The second-order valence-corrected chi connectivity index (χ2v) is 4.91. The molecule has 17 heavy (non-hydrogen) atoms. The molecule has 0 aliphatic rings. The van der Waals surface area contributed by atoms with E-state index in [1.54, 1.807) is 7.05 Å². The van der Waals surface area contributed by atoms with Crippen molar-refractivity contribution in [2.24, 2.45) is 0 Å². The number of halogens is 1. The van der Waals surface area contributed by atoms with Crippen molar-refractivity contribution < 1.29 is 9.90 Å². The number of rotatable bonds is 5. The molecule has 1 aromatic carbocycles. The van der Waals surface area contributed by atoms with Gasteiger partial charge in [0, 0.05) is 23.8 Å². The van der Waals surface area contributed by atoms with Crippen LogP contribution >= 0.6 is 15.9 Å². The highest BCUT2D eigenvalue weighted by molar-refractivity contribution is 9.10. The number of aryl methyl sites for hydroxylation is 1. The van der Waals surface area contributed by atoms with Crippen LogP contribution in [0.2, 0.25) is 0 Å². The summed E-state index contributed by atoms with van der Waals surface area (Å²) in [5.41, 5.74) is 2.15. The van der Waals surface area contributed by atoms with Crippen LogP contribution < -0.4 is 10.2 Å². The Kier molecular flexibility index (Phi) is 4.96. The number of aliphatic carboxylic acids is 1. The van der Waals surface area contributed by atoms with Gasteiger partial charge < -0.3 is 15.3 Å². The third-order valence-corrected chi connectivity index (χ3v) is 3.18. The van der Waals surface area contributed by atoms with Gasteiger partial charge >= 0.3 is 5.97 Å². The van der Waals surface area contributed by atoms with Crippen molar-refractivity contribution in [1.29, 1.82) is 0 Å². The van der Waals surface area contributed by atoms with Crippen LogP contribution in [-0.2, 0) is 4.79 Å². The van der Waals surface area contributed by atoms with E-state index in [4.69, 9.17) is 5.11 Å². The highest BCUT2D eigenvalue weighted by atomic mass is 79.9. The van der Waals surface area contributed by atoms with Crippen LogP contribution in [0.5, 0.6) is 0 Å². The van der Waals surface area contributed by atoms with Gasteiger partial charge in [0.25, 0.3) is 0 Å². The lowest BCUT2D eigenvalue weighted by molar-refractivity contribution is -0.139. The van der Waals surface area contributed by atoms with Crippen molar-refractivity contribution >= 4 is 27.6 Å². The van der Waals surface area contributed by atoms with Gasteiger partial charge in [0.1, 0.15) is 6.04 Å². The average molecular weight is 301 g/mol. The van der Waals surface area contributed by atoms with Gasteiger partial charge in [-0.3, -0.25) is 4.79 Å². The summed E-state index contributed by atoms with van der Waals surface area (Å²) >= 11 is 3.42. The standard InChI is InChI=1S/C12H17BrN2O2/c1-8-4-5-9(13)6-11(8)15(3)7-10(14-2)12(16)17/h4-6,10,14H,7H2,1-3H3,(H,16,17). The molecular formula is C12H17BrN2O2. The molecule has 0 aliphatic carbocycles. The van der Waals surface area contributed by atoms with Crippen molar-refractivity contribution in [3.8, 4) is 0 Å². The number of likely N-dealkylation sites (N-methyl/N-ethyl adjacent to an activating group) is 2. The molecule has 0 saturated heterocycles. The summed E-state index contributed by atoms with van der Waals surface area (Å²) in [7, 11) is 3.54. The quantitative estimate of drug-likeness (QED) is 0.872. The van der Waals surface area contributed by atoms with Crippen molar-refractivity contribution in [2.45, 2.75) is 13.0 Å². The molecule has 5 heteroatoms. The summed E-state index contributed by atoms with van der Waals surface area (Å²) < 4.78 is 0.987. The van der Waals surface area contributed by atoms with E-state index in [1.807, 2.05) is 37.1 Å². The molecule has 0 amide bonds. The van der Waals surface area contributed by atoms with Crippen LogP contribution in [0, 0.1) is 6.92 Å². The third kappa shape index (κ3) is 3.71. The lowest BCUT2D eigenvalue weighted by atomic mass is 10.1. The molecule has 94 valence electrons. The number of hydrogen-bond acceptors (Lipinski definition) is 3. The Morgan fingerprint density at radius 1 is 1.59 bits per heavy atom. The number of benzene rings is 1. The molecule has 1 aromatic rings. The van der Waals surface area contributed by atoms with Gasteiger partial charge in [-0.2, -0.15) is 0 Å². The Morgan fingerprint density at radius 2 is 2.24 bits per heavy atom. The second-order valence-electron chi connectivity index (χ2n) is 3.99. The number of nitrogens with zero attached hydrogens (tertiary/aromatic N) is 1. The van der Waals surface area contributed by atoms with Gasteiger partial charge in [0.2, 0.25) is 0 Å². The van der Waals surface area contributed by atoms with E-state index in [1.165, 1.54) is 0 Å². The first-order valence-corrected chi connectivity index (χ1v) is 6.12. The second kappa shape index (κ2) is 6.02. The average Bonchev–Trinajstić information content (AvgIpc) is 2.28. The molecule has 4 nitrogen and oxygen atoms in total. The molecule has 0 spiro atoms. The monoisotopic (exact) mass is 300 g/mol. The van der Waals surface area contributed by atoms with Gasteiger partial charge in [-0.1, -0.05) is 22.0 Å². The number of hydrogen-bond donors (Lipinski definition) is 2. The molecular weight excluding hydrogens is 284 g/mol. The predicted molar refractivity (Wildman–Crippen MR) is 72.6 cm³/mol. The topological polar surface area (TPSA) is 52.6 Å². The Balaban J connectivity index is 2.85. The molecule has 0 bridgehead atoms. The zero-order chi connectivity index (χ0) is 13.0. The van der Waals surface area contributed by atoms with Gasteiger partial charge in [0.15, 0.2) is 0 Å². The summed E-state index contributed by atoms with van der Waals surface area (Å²) in [6, 6.07) is 5.40. The summed E-state index contributed by atoms with van der Waals surface area (Å²) in [6.45, 7) is 2.43. The van der Waals surface area contributed by atoms with Crippen molar-refractivity contribution in [1.82, 2.24) is 5.32 Å². The number of anilines is 1. The van der Waals surface area contributed by atoms with E-state index < -0.39 is 12.0 Å². The summed E-state index contributed by atoms with van der Waals surface area (Å²) in [4.78, 5) is 12.9. The van der Waals surface area contributed by atoms with Crippen LogP contribution in [-0.4, -0.2) is 37.8 Å². The molecule has 0 heterocycles. The minimum atomic E-state index is -0.841. The van der Waals surface area contributed by atoms with Crippen LogP contribution in [0.15, 0.2) is 22.7 Å². The van der Waals surface area contributed by atoms with Crippen LogP contribution in [0.4, 0.5) is 5.69 Å². The normalized spacial score (nSPS) is 12.2. The molecule has 1 atom stereocenters. The van der Waals surface area contributed by atoms with E-state index in [9.17, 15) is 4.79 Å². The van der Waals surface area contributed by atoms with Gasteiger partial charge in [0.05, 0.1) is 0 Å². The lowest BCUT2D eigenvalue weighted by Gasteiger charge is -2.25. The first-order valence-electron chi connectivity index (χ1n) is 5.33. The maximum atomic E-state index is 11.0. The zero-order valence-electron chi connectivity index (χ0n) is 10.2. The van der Waals surface area contributed by atoms with Gasteiger partial charge in [-0.15, -0.1) is 0 Å². The Bertz CT molecular complexity index is 409. The minimum Gasteiger partial charge on any atom is -0.480 e. The van der Waals surface area contributed by atoms with E-state index >= 15 is 0 Å². The molecule has 1 rings (SSSR count). The zero-order valence-corrected chi connectivity index (χ0v) is 11.8. The number of carbonyl (C=O) groups is 1. The van der Waals surface area contributed by atoms with Gasteiger partial charge in [-0.05, 0) is 31.7 Å². The fraction of sp³-hybridized carbons (Fsp3) is 0.417. The summed E-state index contributed by atoms with van der Waals surface area (Å²) in [6.07, 6.45) is 0. The Labute approximate surface area is 110 Å². The Hall–Kier alpha value is -1.07. The van der Waals surface area contributed by atoms with E-state index in [2.05, 4.69) is 21.2 Å². The largest absolute Gasteiger partial charge is 0.480 e. The number of nitrogens with one attached hydrogen (secondary N) is 1. The summed E-state index contributed by atoms with van der Waals surface area (Å²) in [5, 5.41) is 11.8. The van der Waals surface area contributed by atoms with Crippen molar-refractivity contribution in [3.63, 3.8) is 0 Å². The third-order valence-electron chi connectivity index (χ3n) is 2.69. The van der Waals surface area contributed by atoms with Crippen molar-refractivity contribution in [3.05, 3.63) is 28.2 Å². The van der Waals surface area contributed by atoms with E-state index in [-0.39, 0.29) is 0 Å². The lowest BCUT2D eigenvalue weighted by Crippen LogP contribution is -2.43. The smallest absolute Gasteiger partial charge is 0.322 e. The summed E-state index contributed by atoms with van der Waals surface area (Å²) in [5.74, 6) is -0.841. The van der Waals surface area contributed by atoms with Crippen LogP contribution in [0.25, 0.3) is 0 Å². The molecule has 0 aliphatic heterocycles. The molecule has 1 unspecified atom stereocenters. The highest BCUT2D eigenvalue weighted by Gasteiger charge is 2.18. The first-order chi connectivity index (χ1) is 7.95. The predicted octanol–water partition coefficient (Wildman–Crippen LogP) is 1.87. The number of carboxylic acid groups (broad SMARTS) is 1. The molecule has 0 radical (unpaired) electrons. The highest BCUT2D eigenvalue weighted by Crippen LogP contribution is 2.23. The fourth-order valence-corrected chi connectivity index (χ4v) is 2.01. The van der Waals surface area contributed by atoms with E-state index in [0.29, 0.717) is 6.54 Å². The molecule has 0 aromatic heterocycles.